The molecular formula is C32H39NO3. The molecule has 0 radical (unpaired) electrons. The molecule has 190 valence electrons. The minimum Gasteiger partial charge on any atom is -0.488 e. The van der Waals surface area contributed by atoms with E-state index in [2.05, 4.69) is 49.4 Å². The number of pyridine rings is 1. The molecule has 0 N–H and O–H groups in total. The summed E-state index contributed by atoms with van der Waals surface area (Å²) in [7, 11) is 0. The van der Waals surface area contributed by atoms with Crippen LogP contribution in [-0.2, 0) is 30.6 Å². The second-order valence-electron chi connectivity index (χ2n) is 9.46. The molecule has 36 heavy (non-hydrogen) atoms. The summed E-state index contributed by atoms with van der Waals surface area (Å²) in [5, 5.41) is 0. The molecule has 0 spiro atoms. The summed E-state index contributed by atoms with van der Waals surface area (Å²) in [4.78, 5) is 4.94. The van der Waals surface area contributed by atoms with E-state index in [4.69, 9.17) is 19.2 Å². The predicted molar refractivity (Wildman–Crippen MR) is 147 cm³/mol. The van der Waals surface area contributed by atoms with E-state index in [9.17, 15) is 0 Å². The number of ether oxygens (including phenoxy) is 3. The third kappa shape index (κ3) is 7.69. The summed E-state index contributed by atoms with van der Waals surface area (Å²) in [6, 6.07) is 21.2. The highest BCUT2D eigenvalue weighted by atomic mass is 16.5. The Morgan fingerprint density at radius 2 is 1.69 bits per heavy atom. The van der Waals surface area contributed by atoms with Crippen molar-refractivity contribution in [2.75, 3.05) is 13.2 Å². The molecule has 1 atom stereocenters. The van der Waals surface area contributed by atoms with Crippen LogP contribution in [0.3, 0.4) is 0 Å². The molecule has 1 fully saturated rings. The summed E-state index contributed by atoms with van der Waals surface area (Å²) in [6.07, 6.45) is 11.7. The normalized spacial score (nSPS) is 15.8. The Balaban J connectivity index is 1.55. The third-order valence-electron chi connectivity index (χ3n) is 6.55. The lowest BCUT2D eigenvalue weighted by Gasteiger charge is -2.23. The second kappa shape index (κ2) is 13.8. The van der Waals surface area contributed by atoms with Gasteiger partial charge in [0, 0.05) is 18.2 Å². The van der Waals surface area contributed by atoms with Gasteiger partial charge in [0.25, 0.3) is 0 Å². The zero-order valence-corrected chi connectivity index (χ0v) is 21.7. The summed E-state index contributed by atoms with van der Waals surface area (Å²) in [5.74, 6) is 1.41. The fourth-order valence-corrected chi connectivity index (χ4v) is 4.56. The average molecular weight is 486 g/mol. The Morgan fingerprint density at radius 3 is 2.39 bits per heavy atom. The first kappa shape index (κ1) is 26.0. The van der Waals surface area contributed by atoms with E-state index in [1.165, 1.54) is 24.0 Å². The molecule has 0 aliphatic carbocycles. The van der Waals surface area contributed by atoms with Crippen LogP contribution in [0.5, 0.6) is 11.6 Å². The summed E-state index contributed by atoms with van der Waals surface area (Å²) >= 11 is 0. The van der Waals surface area contributed by atoms with Gasteiger partial charge in [-0.1, -0.05) is 80.1 Å². The molecule has 2 aromatic carbocycles. The van der Waals surface area contributed by atoms with Crippen LogP contribution in [0.25, 0.3) is 6.08 Å². The molecule has 4 heteroatoms. The zero-order chi connectivity index (χ0) is 25.0. The number of hydrogen-bond acceptors (Lipinski definition) is 4. The first-order valence-corrected chi connectivity index (χ1v) is 13.4. The first-order valence-electron chi connectivity index (χ1n) is 13.4. The van der Waals surface area contributed by atoms with Gasteiger partial charge in [-0.15, -0.1) is 0 Å². The first-order chi connectivity index (χ1) is 17.7. The highest BCUT2D eigenvalue weighted by molar-refractivity contribution is 5.61. The van der Waals surface area contributed by atoms with Gasteiger partial charge in [-0.25, -0.2) is 4.98 Å². The Bertz CT molecular complexity index is 1090. The Hall–Kier alpha value is -3.11. The monoisotopic (exact) mass is 485 g/mol. The SMILES string of the molecule is C/C=C/c1c(OCc2ccccc2)cc(OCC2CCCCO2)nc1CCc1ccc(CCC)cc1. The minimum absolute atomic E-state index is 0.134. The standard InChI is InChI=1S/C32H39NO3/c1-3-10-25-15-17-26(18-16-25)19-20-30-29(11-4-2)31(35-23-27-12-6-5-7-13-27)22-32(33-30)36-24-28-14-8-9-21-34-28/h4-7,11-13,15-18,22,28H,3,8-10,14,19-21,23-24H2,1-2H3/b11-4+. The molecule has 4 nitrogen and oxygen atoms in total. The van der Waals surface area contributed by atoms with E-state index in [1.54, 1.807) is 0 Å². The molecule has 0 saturated carbocycles. The van der Waals surface area contributed by atoms with Gasteiger partial charge in [-0.2, -0.15) is 0 Å². The lowest BCUT2D eigenvalue weighted by atomic mass is 10.0. The molecule has 1 unspecified atom stereocenters. The van der Waals surface area contributed by atoms with Gasteiger partial charge >= 0.3 is 0 Å². The molecule has 3 aromatic rings. The van der Waals surface area contributed by atoms with Crippen LogP contribution in [0.2, 0.25) is 0 Å². The highest BCUT2D eigenvalue weighted by Gasteiger charge is 2.17. The van der Waals surface area contributed by atoms with Crippen molar-refractivity contribution >= 4 is 6.08 Å². The quantitative estimate of drug-likeness (QED) is 0.268. The fourth-order valence-electron chi connectivity index (χ4n) is 4.56. The third-order valence-corrected chi connectivity index (χ3v) is 6.55. The molecule has 1 saturated heterocycles. The predicted octanol–water partition coefficient (Wildman–Crippen LogP) is 7.38. The van der Waals surface area contributed by atoms with Crippen LogP contribution in [0.15, 0.2) is 66.7 Å². The number of nitrogens with zero attached hydrogens (tertiary/aromatic N) is 1. The average Bonchev–Trinajstić information content (AvgIpc) is 2.93. The molecule has 1 aromatic heterocycles. The van der Waals surface area contributed by atoms with Crippen LogP contribution in [0.4, 0.5) is 0 Å². The Labute approximate surface area is 216 Å². The Morgan fingerprint density at radius 1 is 0.917 bits per heavy atom. The second-order valence-corrected chi connectivity index (χ2v) is 9.46. The van der Waals surface area contributed by atoms with E-state index in [0.29, 0.717) is 19.1 Å². The molecule has 0 bridgehead atoms. The van der Waals surface area contributed by atoms with Crippen molar-refractivity contribution in [2.24, 2.45) is 0 Å². The van der Waals surface area contributed by atoms with E-state index >= 15 is 0 Å². The van der Waals surface area contributed by atoms with Crippen LogP contribution in [-0.4, -0.2) is 24.3 Å². The Kier molecular flexibility index (Phi) is 9.98. The maximum absolute atomic E-state index is 6.34. The van der Waals surface area contributed by atoms with E-state index < -0.39 is 0 Å². The molecule has 0 amide bonds. The van der Waals surface area contributed by atoms with Gasteiger partial charge in [0.2, 0.25) is 5.88 Å². The van der Waals surface area contributed by atoms with Crippen molar-refractivity contribution in [1.82, 2.24) is 4.98 Å². The van der Waals surface area contributed by atoms with Gasteiger partial charge in [0.05, 0.1) is 11.8 Å². The van der Waals surface area contributed by atoms with E-state index in [1.807, 2.05) is 37.3 Å². The number of aryl methyl sites for hydroxylation is 3. The van der Waals surface area contributed by atoms with E-state index in [0.717, 1.165) is 61.3 Å². The highest BCUT2D eigenvalue weighted by Crippen LogP contribution is 2.30. The molecule has 2 heterocycles. The smallest absolute Gasteiger partial charge is 0.217 e. The number of rotatable bonds is 12. The van der Waals surface area contributed by atoms with Gasteiger partial charge in [-0.05, 0) is 62.1 Å². The van der Waals surface area contributed by atoms with Crippen molar-refractivity contribution < 1.29 is 14.2 Å². The molecule has 1 aliphatic heterocycles. The molecular weight excluding hydrogens is 446 g/mol. The summed E-state index contributed by atoms with van der Waals surface area (Å²) in [6.45, 7) is 6.08. The topological polar surface area (TPSA) is 40.6 Å². The molecule has 1 aliphatic rings. The largest absolute Gasteiger partial charge is 0.488 e. The number of hydrogen-bond donors (Lipinski definition) is 0. The summed E-state index contributed by atoms with van der Waals surface area (Å²) in [5.41, 5.74) is 5.86. The molecule has 4 rings (SSSR count). The van der Waals surface area contributed by atoms with Crippen molar-refractivity contribution in [2.45, 2.75) is 71.5 Å². The lowest BCUT2D eigenvalue weighted by molar-refractivity contribution is -0.0120. The van der Waals surface area contributed by atoms with Crippen molar-refractivity contribution in [3.63, 3.8) is 0 Å². The fraction of sp³-hybridized carbons (Fsp3) is 0.406. The number of aromatic nitrogens is 1. The van der Waals surface area contributed by atoms with Crippen LogP contribution in [0.1, 0.15) is 67.5 Å². The maximum atomic E-state index is 6.34. The van der Waals surface area contributed by atoms with Gasteiger partial charge in [0.1, 0.15) is 19.0 Å². The van der Waals surface area contributed by atoms with E-state index in [-0.39, 0.29) is 6.10 Å². The van der Waals surface area contributed by atoms with Crippen LogP contribution < -0.4 is 9.47 Å². The van der Waals surface area contributed by atoms with Crippen molar-refractivity contribution in [1.29, 1.82) is 0 Å². The van der Waals surface area contributed by atoms with Gasteiger partial charge in [0.15, 0.2) is 0 Å². The van der Waals surface area contributed by atoms with Gasteiger partial charge < -0.3 is 14.2 Å². The summed E-state index contributed by atoms with van der Waals surface area (Å²) < 4.78 is 18.4. The van der Waals surface area contributed by atoms with Crippen molar-refractivity contribution in [3.05, 3.63) is 94.7 Å². The van der Waals surface area contributed by atoms with Crippen molar-refractivity contribution in [3.8, 4) is 11.6 Å². The van der Waals surface area contributed by atoms with Gasteiger partial charge in [-0.3, -0.25) is 0 Å². The minimum atomic E-state index is 0.134. The lowest BCUT2D eigenvalue weighted by Crippen LogP contribution is -2.26. The number of allylic oxidation sites excluding steroid dienone is 1. The zero-order valence-electron chi connectivity index (χ0n) is 21.7. The number of benzene rings is 2. The van der Waals surface area contributed by atoms with Crippen LogP contribution in [0, 0.1) is 0 Å². The maximum Gasteiger partial charge on any atom is 0.217 e. The van der Waals surface area contributed by atoms with Crippen LogP contribution >= 0.6 is 0 Å².